The van der Waals surface area contributed by atoms with Crippen LogP contribution in [0.2, 0.25) is 0 Å². The van der Waals surface area contributed by atoms with Crippen molar-refractivity contribution in [1.29, 1.82) is 0 Å². The summed E-state index contributed by atoms with van der Waals surface area (Å²) in [5, 5.41) is 0. The van der Waals surface area contributed by atoms with Crippen LogP contribution in [-0.2, 0) is 19.8 Å². The van der Waals surface area contributed by atoms with Crippen LogP contribution >= 0.6 is 7.60 Å². The van der Waals surface area contributed by atoms with Crippen molar-refractivity contribution in [2.75, 3.05) is 18.1 Å². The third-order valence-electron chi connectivity index (χ3n) is 4.81. The predicted molar refractivity (Wildman–Crippen MR) is 125 cm³/mol. The van der Waals surface area contributed by atoms with E-state index >= 15 is 0 Å². The van der Waals surface area contributed by atoms with Gasteiger partial charge in [-0.2, -0.15) is 0 Å². The molecule has 3 rings (SSSR count). The van der Waals surface area contributed by atoms with Crippen LogP contribution in [0, 0.1) is 13.8 Å². The average Bonchev–Trinajstić information content (AvgIpc) is 2.72. The molecule has 0 aliphatic heterocycles. The van der Waals surface area contributed by atoms with Crippen molar-refractivity contribution in [3.05, 3.63) is 89.5 Å². The standard InChI is InChI=1S/C25H30NO3P/c1-5-28-30(27,29-6-2)19-22-11-17-25(18-12-22)26(23-13-7-20(3)8-14-23)24-15-9-21(4)10-16-24/h7-18H,5-6,19H2,1-4H3. The summed E-state index contributed by atoms with van der Waals surface area (Å²) < 4.78 is 23.7. The summed E-state index contributed by atoms with van der Waals surface area (Å²) in [5.41, 5.74) is 6.59. The Morgan fingerprint density at radius 2 is 1.03 bits per heavy atom. The molecular weight excluding hydrogens is 393 g/mol. The van der Waals surface area contributed by atoms with Gasteiger partial charge in [-0.1, -0.05) is 47.5 Å². The molecule has 158 valence electrons. The van der Waals surface area contributed by atoms with Crippen molar-refractivity contribution in [2.45, 2.75) is 33.9 Å². The van der Waals surface area contributed by atoms with E-state index in [2.05, 4.69) is 79.4 Å². The molecule has 3 aromatic carbocycles. The molecule has 0 saturated carbocycles. The van der Waals surface area contributed by atoms with E-state index in [-0.39, 0.29) is 6.16 Å². The van der Waals surface area contributed by atoms with Gasteiger partial charge in [0.1, 0.15) is 0 Å². The second kappa shape index (κ2) is 10.1. The topological polar surface area (TPSA) is 38.8 Å². The highest BCUT2D eigenvalue weighted by molar-refractivity contribution is 7.53. The summed E-state index contributed by atoms with van der Waals surface area (Å²) in [6.45, 7) is 8.56. The molecule has 0 fully saturated rings. The fourth-order valence-electron chi connectivity index (χ4n) is 3.33. The zero-order valence-corrected chi connectivity index (χ0v) is 19.1. The second-order valence-electron chi connectivity index (χ2n) is 7.28. The fourth-order valence-corrected chi connectivity index (χ4v) is 5.03. The number of rotatable bonds is 9. The molecule has 0 atom stereocenters. The van der Waals surface area contributed by atoms with E-state index in [9.17, 15) is 4.57 Å². The van der Waals surface area contributed by atoms with E-state index in [0.717, 1.165) is 22.6 Å². The summed E-state index contributed by atoms with van der Waals surface area (Å²) in [5.74, 6) is 0. The van der Waals surface area contributed by atoms with Gasteiger partial charge in [-0.05, 0) is 69.7 Å². The van der Waals surface area contributed by atoms with Crippen molar-refractivity contribution in [1.82, 2.24) is 0 Å². The first-order valence-electron chi connectivity index (χ1n) is 10.3. The van der Waals surface area contributed by atoms with Crippen LogP contribution in [0.5, 0.6) is 0 Å². The van der Waals surface area contributed by atoms with Gasteiger partial charge in [-0.25, -0.2) is 0 Å². The van der Waals surface area contributed by atoms with Gasteiger partial charge in [-0.3, -0.25) is 4.57 Å². The summed E-state index contributed by atoms with van der Waals surface area (Å²) in [6.07, 6.45) is 0.268. The number of benzene rings is 3. The normalized spacial score (nSPS) is 11.5. The minimum atomic E-state index is -3.12. The van der Waals surface area contributed by atoms with E-state index in [1.807, 2.05) is 26.0 Å². The molecule has 30 heavy (non-hydrogen) atoms. The molecule has 0 N–H and O–H groups in total. The van der Waals surface area contributed by atoms with Crippen LogP contribution in [0.3, 0.4) is 0 Å². The second-order valence-corrected chi connectivity index (χ2v) is 9.33. The third kappa shape index (κ3) is 5.60. The van der Waals surface area contributed by atoms with Gasteiger partial charge in [-0.15, -0.1) is 0 Å². The molecule has 0 heterocycles. The molecule has 0 aliphatic carbocycles. The summed E-state index contributed by atoms with van der Waals surface area (Å²) in [7, 11) is -3.12. The van der Waals surface area contributed by atoms with E-state index < -0.39 is 7.60 Å². The van der Waals surface area contributed by atoms with Crippen LogP contribution < -0.4 is 4.90 Å². The summed E-state index contributed by atoms with van der Waals surface area (Å²) in [6, 6.07) is 25.1. The quantitative estimate of drug-likeness (QED) is 0.333. The van der Waals surface area contributed by atoms with Crippen molar-refractivity contribution >= 4 is 24.7 Å². The smallest absolute Gasteiger partial charge is 0.311 e. The molecule has 4 nitrogen and oxygen atoms in total. The zero-order valence-electron chi connectivity index (χ0n) is 18.2. The average molecular weight is 423 g/mol. The maximum absolute atomic E-state index is 12.9. The van der Waals surface area contributed by atoms with Crippen molar-refractivity contribution < 1.29 is 13.6 Å². The lowest BCUT2D eigenvalue weighted by atomic mass is 10.1. The van der Waals surface area contributed by atoms with Crippen LogP contribution in [-0.4, -0.2) is 13.2 Å². The molecule has 0 spiro atoms. The Kier molecular flexibility index (Phi) is 7.49. The van der Waals surface area contributed by atoms with Gasteiger partial charge < -0.3 is 13.9 Å². The molecule has 0 unspecified atom stereocenters. The number of nitrogens with zero attached hydrogens (tertiary/aromatic N) is 1. The number of hydrogen-bond acceptors (Lipinski definition) is 4. The minimum Gasteiger partial charge on any atom is -0.311 e. The Morgan fingerprint density at radius 1 is 0.667 bits per heavy atom. The van der Waals surface area contributed by atoms with Gasteiger partial charge in [0, 0.05) is 17.1 Å². The number of hydrogen-bond donors (Lipinski definition) is 0. The Balaban J connectivity index is 1.93. The lowest BCUT2D eigenvalue weighted by Crippen LogP contribution is -2.10. The zero-order chi connectivity index (χ0) is 21.6. The monoisotopic (exact) mass is 423 g/mol. The summed E-state index contributed by atoms with van der Waals surface area (Å²) in [4.78, 5) is 2.22. The first-order valence-corrected chi connectivity index (χ1v) is 12.1. The van der Waals surface area contributed by atoms with Crippen LogP contribution in [0.15, 0.2) is 72.8 Å². The molecular formula is C25H30NO3P. The molecule has 3 aromatic rings. The SMILES string of the molecule is CCOP(=O)(Cc1ccc(N(c2ccc(C)cc2)c2ccc(C)cc2)cc1)OCC. The van der Waals surface area contributed by atoms with Crippen LogP contribution in [0.1, 0.15) is 30.5 Å². The Bertz CT molecular complexity index is 927. The number of anilines is 3. The van der Waals surface area contributed by atoms with Crippen LogP contribution in [0.25, 0.3) is 0 Å². The molecule has 0 bridgehead atoms. The first kappa shape index (κ1) is 22.3. The fraction of sp³-hybridized carbons (Fsp3) is 0.280. The highest BCUT2D eigenvalue weighted by Crippen LogP contribution is 2.51. The van der Waals surface area contributed by atoms with Crippen molar-refractivity contribution in [3.63, 3.8) is 0 Å². The van der Waals surface area contributed by atoms with E-state index in [1.54, 1.807) is 0 Å². The predicted octanol–water partition coefficient (Wildman–Crippen LogP) is 7.54. The molecule has 5 heteroatoms. The minimum absolute atomic E-state index is 0.268. The first-order chi connectivity index (χ1) is 14.4. The Morgan fingerprint density at radius 3 is 1.40 bits per heavy atom. The van der Waals surface area contributed by atoms with Gasteiger partial charge in [0.05, 0.1) is 19.4 Å². The van der Waals surface area contributed by atoms with E-state index in [0.29, 0.717) is 13.2 Å². The van der Waals surface area contributed by atoms with Gasteiger partial charge in [0.2, 0.25) is 0 Å². The third-order valence-corrected chi connectivity index (χ3v) is 6.86. The molecule has 0 aliphatic rings. The van der Waals surface area contributed by atoms with Crippen molar-refractivity contribution in [2.24, 2.45) is 0 Å². The maximum Gasteiger partial charge on any atom is 0.335 e. The van der Waals surface area contributed by atoms with Gasteiger partial charge >= 0.3 is 7.60 Å². The molecule has 0 aromatic heterocycles. The van der Waals surface area contributed by atoms with Gasteiger partial charge in [0.15, 0.2) is 0 Å². The number of aryl methyl sites for hydroxylation is 2. The summed E-state index contributed by atoms with van der Waals surface area (Å²) >= 11 is 0. The Hall–Kier alpha value is -2.39. The van der Waals surface area contributed by atoms with Crippen LogP contribution in [0.4, 0.5) is 17.1 Å². The highest BCUT2D eigenvalue weighted by Gasteiger charge is 2.24. The Labute approximate surface area is 180 Å². The lowest BCUT2D eigenvalue weighted by Gasteiger charge is -2.26. The molecule has 0 radical (unpaired) electrons. The molecule has 0 saturated heterocycles. The van der Waals surface area contributed by atoms with E-state index in [1.165, 1.54) is 11.1 Å². The highest BCUT2D eigenvalue weighted by atomic mass is 31.2. The van der Waals surface area contributed by atoms with Gasteiger partial charge in [0.25, 0.3) is 0 Å². The van der Waals surface area contributed by atoms with Crippen molar-refractivity contribution in [3.8, 4) is 0 Å². The maximum atomic E-state index is 12.9. The largest absolute Gasteiger partial charge is 0.335 e. The molecule has 0 amide bonds. The van der Waals surface area contributed by atoms with E-state index in [4.69, 9.17) is 9.05 Å². The lowest BCUT2D eigenvalue weighted by molar-refractivity contribution is 0.219.